The van der Waals surface area contributed by atoms with Crippen molar-refractivity contribution in [2.45, 2.75) is 18.9 Å². The van der Waals surface area contributed by atoms with Gasteiger partial charge in [-0.15, -0.1) is 0 Å². The Kier molecular flexibility index (Phi) is 0.540. The molecule has 7 heavy (non-hydrogen) atoms. The summed E-state index contributed by atoms with van der Waals surface area (Å²) in [5.74, 6) is 0.861. The maximum absolute atomic E-state index is 4.03. The van der Waals surface area contributed by atoms with Crippen LogP contribution in [0.25, 0.3) is 0 Å². The van der Waals surface area contributed by atoms with E-state index in [0.717, 1.165) is 12.5 Å². The van der Waals surface area contributed by atoms with Gasteiger partial charge >= 0.3 is 0 Å². The zero-order valence-corrected chi connectivity index (χ0v) is 4.17. The van der Waals surface area contributed by atoms with Gasteiger partial charge in [-0.3, -0.25) is 0 Å². The van der Waals surface area contributed by atoms with Gasteiger partial charge in [0.05, 0.1) is 12.6 Å². The van der Waals surface area contributed by atoms with E-state index in [4.69, 9.17) is 0 Å². The Balaban J connectivity index is 2.14. The second-order valence-corrected chi connectivity index (χ2v) is 2.34. The van der Waals surface area contributed by atoms with E-state index < -0.39 is 0 Å². The van der Waals surface area contributed by atoms with Crippen molar-refractivity contribution in [3.8, 4) is 0 Å². The van der Waals surface area contributed by atoms with Crippen molar-refractivity contribution < 1.29 is 0 Å². The summed E-state index contributed by atoms with van der Waals surface area (Å²) in [5.41, 5.74) is 0. The summed E-state index contributed by atoms with van der Waals surface area (Å²) in [6.07, 6.45) is 2.67. The minimum atomic E-state index is 0.653. The van der Waals surface area contributed by atoms with Crippen molar-refractivity contribution in [1.29, 1.82) is 0 Å². The van der Waals surface area contributed by atoms with Gasteiger partial charge in [0.2, 0.25) is 0 Å². The molecule has 38 valence electrons. The topological polar surface area (TPSA) is 24.7 Å². The number of fused-ring (bicyclic) bond motifs is 1. The molecule has 2 atom stereocenters. The third kappa shape index (κ3) is 0.340. The van der Waals surface area contributed by atoms with E-state index >= 15 is 0 Å². The summed E-state index contributed by atoms with van der Waals surface area (Å²) >= 11 is 0. The summed E-state index contributed by atoms with van der Waals surface area (Å²) in [7, 11) is 0. The Morgan fingerprint density at radius 1 is 1.29 bits per heavy atom. The van der Waals surface area contributed by atoms with Gasteiger partial charge in [0.1, 0.15) is 0 Å². The van der Waals surface area contributed by atoms with Gasteiger partial charge in [-0.25, -0.2) is 0 Å². The zero-order chi connectivity index (χ0) is 4.69. The predicted octanol–water partition coefficient (Wildman–Crippen LogP) is 1.23. The standard InChI is InChI=1S/C5H8N2/c1-2-5-4(1)3-6-7-5/h4-5H,1-3H2. The van der Waals surface area contributed by atoms with E-state index in [1.807, 2.05) is 0 Å². The molecule has 0 amide bonds. The molecule has 1 heterocycles. The van der Waals surface area contributed by atoms with Gasteiger partial charge in [-0.2, -0.15) is 10.2 Å². The van der Waals surface area contributed by atoms with Crippen molar-refractivity contribution in [1.82, 2.24) is 0 Å². The molecule has 0 saturated heterocycles. The van der Waals surface area contributed by atoms with Gasteiger partial charge in [-0.05, 0) is 12.8 Å². The second kappa shape index (κ2) is 1.05. The third-order valence-corrected chi connectivity index (χ3v) is 1.92. The Labute approximate surface area is 42.6 Å². The quantitative estimate of drug-likeness (QED) is 0.433. The van der Waals surface area contributed by atoms with Gasteiger partial charge in [0.15, 0.2) is 0 Å². The van der Waals surface area contributed by atoms with Crippen LogP contribution in [0.15, 0.2) is 10.2 Å². The molecule has 2 unspecified atom stereocenters. The highest BCUT2D eigenvalue weighted by Gasteiger charge is 2.33. The van der Waals surface area contributed by atoms with Crippen LogP contribution in [0.2, 0.25) is 0 Å². The van der Waals surface area contributed by atoms with E-state index in [1.165, 1.54) is 12.8 Å². The molecule has 0 bridgehead atoms. The molecule has 2 heteroatoms. The highest BCUT2D eigenvalue weighted by molar-refractivity contribution is 4.90. The molecule has 0 N–H and O–H groups in total. The highest BCUT2D eigenvalue weighted by atomic mass is 15.2. The molecule has 0 radical (unpaired) electrons. The average molecular weight is 96.1 g/mol. The highest BCUT2D eigenvalue weighted by Crippen LogP contribution is 2.34. The van der Waals surface area contributed by atoms with Gasteiger partial charge in [0, 0.05) is 5.92 Å². The first-order chi connectivity index (χ1) is 3.47. The van der Waals surface area contributed by atoms with E-state index in [-0.39, 0.29) is 0 Å². The molecule has 2 aliphatic rings. The van der Waals surface area contributed by atoms with E-state index in [1.54, 1.807) is 0 Å². The Bertz CT molecular complexity index is 109. The number of hydrogen-bond donors (Lipinski definition) is 0. The lowest BCUT2D eigenvalue weighted by molar-refractivity contribution is 0.302. The lowest BCUT2D eigenvalue weighted by atomic mass is 9.81. The minimum absolute atomic E-state index is 0.653. The second-order valence-electron chi connectivity index (χ2n) is 2.34. The summed E-state index contributed by atoms with van der Waals surface area (Å²) in [6, 6.07) is 0.653. The summed E-state index contributed by atoms with van der Waals surface area (Å²) in [4.78, 5) is 0. The molecule has 1 fully saturated rings. The van der Waals surface area contributed by atoms with Crippen molar-refractivity contribution in [2.24, 2.45) is 16.1 Å². The maximum atomic E-state index is 4.03. The predicted molar refractivity (Wildman–Crippen MR) is 26.2 cm³/mol. The van der Waals surface area contributed by atoms with Crippen molar-refractivity contribution in [3.05, 3.63) is 0 Å². The number of azo groups is 1. The van der Waals surface area contributed by atoms with E-state index in [2.05, 4.69) is 10.2 Å². The minimum Gasteiger partial charge on any atom is -0.194 e. The van der Waals surface area contributed by atoms with Crippen LogP contribution < -0.4 is 0 Å². The Morgan fingerprint density at radius 2 is 2.29 bits per heavy atom. The Morgan fingerprint density at radius 3 is 2.57 bits per heavy atom. The summed E-state index contributed by atoms with van der Waals surface area (Å²) < 4.78 is 0. The fourth-order valence-electron chi connectivity index (χ4n) is 1.17. The van der Waals surface area contributed by atoms with E-state index in [9.17, 15) is 0 Å². The maximum Gasteiger partial charge on any atom is 0.0754 e. The molecule has 1 aliphatic heterocycles. The molecule has 0 spiro atoms. The van der Waals surface area contributed by atoms with Gasteiger partial charge in [-0.1, -0.05) is 0 Å². The molecule has 0 aromatic carbocycles. The normalized spacial score (nSPS) is 45.7. The van der Waals surface area contributed by atoms with Gasteiger partial charge < -0.3 is 0 Å². The van der Waals surface area contributed by atoms with Crippen LogP contribution in [0.1, 0.15) is 12.8 Å². The van der Waals surface area contributed by atoms with Gasteiger partial charge in [0.25, 0.3) is 0 Å². The monoisotopic (exact) mass is 96.1 g/mol. The summed E-state index contributed by atoms with van der Waals surface area (Å²) in [6.45, 7) is 1.02. The van der Waals surface area contributed by atoms with Crippen molar-refractivity contribution >= 4 is 0 Å². The van der Waals surface area contributed by atoms with Crippen LogP contribution in [0.3, 0.4) is 0 Å². The average Bonchev–Trinajstić information content (AvgIpc) is 1.85. The van der Waals surface area contributed by atoms with Crippen molar-refractivity contribution in [3.63, 3.8) is 0 Å². The molecule has 0 aromatic rings. The molecule has 1 saturated carbocycles. The first-order valence-electron chi connectivity index (χ1n) is 2.83. The molecule has 2 nitrogen and oxygen atoms in total. The zero-order valence-electron chi connectivity index (χ0n) is 4.17. The molecule has 2 rings (SSSR count). The smallest absolute Gasteiger partial charge is 0.0754 e. The van der Waals surface area contributed by atoms with E-state index in [0.29, 0.717) is 6.04 Å². The SMILES string of the molecule is C1CC2N=NCC12. The first kappa shape index (κ1) is 3.58. The van der Waals surface area contributed by atoms with Crippen LogP contribution in [0.4, 0.5) is 0 Å². The van der Waals surface area contributed by atoms with Crippen LogP contribution in [-0.4, -0.2) is 12.6 Å². The number of hydrogen-bond acceptors (Lipinski definition) is 2. The third-order valence-electron chi connectivity index (χ3n) is 1.92. The fourth-order valence-corrected chi connectivity index (χ4v) is 1.17. The van der Waals surface area contributed by atoms with Crippen LogP contribution >= 0.6 is 0 Å². The van der Waals surface area contributed by atoms with Crippen LogP contribution in [0, 0.1) is 5.92 Å². The van der Waals surface area contributed by atoms with Crippen LogP contribution in [0.5, 0.6) is 0 Å². The summed E-state index contributed by atoms with van der Waals surface area (Å²) in [5, 5.41) is 7.96. The Hall–Kier alpha value is -0.400. The molecule has 1 aliphatic carbocycles. The molecular formula is C5H8N2. The fraction of sp³-hybridized carbons (Fsp3) is 1.00. The largest absolute Gasteiger partial charge is 0.194 e. The number of nitrogens with zero attached hydrogens (tertiary/aromatic N) is 2. The lowest BCUT2D eigenvalue weighted by Gasteiger charge is -2.25. The molecule has 0 aromatic heterocycles. The van der Waals surface area contributed by atoms with Crippen LogP contribution in [-0.2, 0) is 0 Å². The van der Waals surface area contributed by atoms with Crippen molar-refractivity contribution in [2.75, 3.05) is 6.54 Å². The molecular weight excluding hydrogens is 88.1 g/mol. The number of rotatable bonds is 0. The first-order valence-corrected chi connectivity index (χ1v) is 2.83. The lowest BCUT2D eigenvalue weighted by Crippen LogP contribution is -2.27.